The van der Waals surface area contributed by atoms with Gasteiger partial charge in [-0.3, -0.25) is 10.1 Å². The molecule has 3 N–H and O–H groups in total. The maximum absolute atomic E-state index is 5.53. The predicted molar refractivity (Wildman–Crippen MR) is 235 cm³/mol. The number of fused-ring (bicyclic) bond motifs is 4. The quantitative estimate of drug-likeness (QED) is 0.123. The Balaban J connectivity index is 0.000000154. The molecule has 13 heteroatoms. The second kappa shape index (κ2) is 15.9. The number of nitrogens with one attached hydrogen (secondary N) is 3. The molecule has 1 aliphatic carbocycles. The van der Waals surface area contributed by atoms with Crippen molar-refractivity contribution in [1.82, 2.24) is 30.1 Å². The van der Waals surface area contributed by atoms with Gasteiger partial charge in [0.2, 0.25) is 11.5 Å². The molecule has 0 radical (unpaired) electrons. The predicted octanol–water partition coefficient (Wildman–Crippen LogP) is 9.59. The highest BCUT2D eigenvalue weighted by Gasteiger charge is 2.26. The van der Waals surface area contributed by atoms with Crippen LogP contribution in [0.15, 0.2) is 120 Å². The number of methoxy groups -OCH3 is 6. The van der Waals surface area contributed by atoms with Gasteiger partial charge in [-0.15, -0.1) is 0 Å². The van der Waals surface area contributed by atoms with Gasteiger partial charge in [0.1, 0.15) is 11.5 Å². The molecule has 0 saturated carbocycles. The molecule has 4 heterocycles. The van der Waals surface area contributed by atoms with Crippen LogP contribution in [-0.2, 0) is 0 Å². The van der Waals surface area contributed by atoms with E-state index in [-0.39, 0.29) is 5.92 Å². The number of aromatic nitrogens is 6. The molecule has 1 unspecified atom stereocenters. The summed E-state index contributed by atoms with van der Waals surface area (Å²) in [4.78, 5) is 21.2. The van der Waals surface area contributed by atoms with Crippen LogP contribution in [0.5, 0.6) is 34.5 Å². The van der Waals surface area contributed by atoms with Crippen molar-refractivity contribution in [2.45, 2.75) is 0 Å². The van der Waals surface area contributed by atoms with Crippen LogP contribution in [0.3, 0.4) is 0 Å². The highest BCUT2D eigenvalue weighted by Crippen LogP contribution is 2.44. The fourth-order valence-electron chi connectivity index (χ4n) is 7.75. The van der Waals surface area contributed by atoms with Crippen molar-refractivity contribution >= 4 is 44.3 Å². The molecule has 2 aliphatic rings. The molecule has 10 rings (SSSR count). The summed E-state index contributed by atoms with van der Waals surface area (Å²) in [5.74, 6) is 5.20. The van der Waals surface area contributed by atoms with Gasteiger partial charge in [-0.05, 0) is 59.7 Å². The van der Waals surface area contributed by atoms with Gasteiger partial charge in [-0.25, -0.2) is 9.97 Å². The zero-order chi connectivity index (χ0) is 41.3. The molecule has 0 fully saturated rings. The van der Waals surface area contributed by atoms with E-state index in [4.69, 9.17) is 38.4 Å². The number of para-hydroxylation sites is 3. The normalized spacial score (nSPS) is 14.1. The number of ether oxygens (including phenoxy) is 6. The minimum Gasteiger partial charge on any atom is -0.493 e. The topological polar surface area (TPSA) is 154 Å². The molecule has 0 bridgehead atoms. The van der Waals surface area contributed by atoms with Crippen molar-refractivity contribution in [1.29, 1.82) is 0 Å². The fourth-order valence-corrected chi connectivity index (χ4v) is 7.75. The van der Waals surface area contributed by atoms with Gasteiger partial charge in [0.15, 0.2) is 28.8 Å². The second-order valence-corrected chi connectivity index (χ2v) is 13.9. The van der Waals surface area contributed by atoms with Crippen molar-refractivity contribution < 1.29 is 28.4 Å². The number of nitrogens with zero attached hydrogens (tertiary/aromatic N) is 4. The summed E-state index contributed by atoms with van der Waals surface area (Å²) in [6, 6.07) is 27.8. The van der Waals surface area contributed by atoms with E-state index in [1.807, 2.05) is 109 Å². The SMILES string of the molecule is COc1cc(-c2cccc3[nH]c(-c4n[nH]c5ccccc45)nc23)cc(OC)c1OC.COc1cc(-c2cccc3[nH]c(C4=CN=C5C=CC=CC45)nc23)cc(OC)c1OC. The summed E-state index contributed by atoms with van der Waals surface area (Å²) in [6.07, 6.45) is 10.1. The van der Waals surface area contributed by atoms with Crippen LogP contribution in [-0.4, -0.2) is 78.5 Å². The van der Waals surface area contributed by atoms with E-state index in [0.29, 0.717) is 40.3 Å². The minimum absolute atomic E-state index is 0.139. The first-order chi connectivity index (χ1) is 29.5. The van der Waals surface area contributed by atoms with Crippen LogP contribution in [0.2, 0.25) is 0 Å². The lowest BCUT2D eigenvalue weighted by molar-refractivity contribution is 0.324. The maximum Gasteiger partial charge on any atom is 0.203 e. The van der Waals surface area contributed by atoms with E-state index in [0.717, 1.165) is 78.0 Å². The van der Waals surface area contributed by atoms with E-state index in [1.54, 1.807) is 42.7 Å². The van der Waals surface area contributed by atoms with Crippen LogP contribution < -0.4 is 28.4 Å². The molecular formula is C47H41N7O6. The average molecular weight is 800 g/mol. The number of imidazole rings is 2. The number of aliphatic imine (C=N–C) groups is 1. The Kier molecular flexibility index (Phi) is 9.98. The molecule has 0 spiro atoms. The first-order valence-electron chi connectivity index (χ1n) is 19.1. The molecular weight excluding hydrogens is 759 g/mol. The molecule has 60 heavy (non-hydrogen) atoms. The smallest absolute Gasteiger partial charge is 0.203 e. The zero-order valence-electron chi connectivity index (χ0n) is 33.8. The first-order valence-corrected chi connectivity index (χ1v) is 19.1. The van der Waals surface area contributed by atoms with E-state index < -0.39 is 0 Å². The van der Waals surface area contributed by atoms with Crippen LogP contribution in [0.25, 0.3) is 72.3 Å². The van der Waals surface area contributed by atoms with Crippen molar-refractivity contribution in [2.24, 2.45) is 10.9 Å². The lowest BCUT2D eigenvalue weighted by Crippen LogP contribution is -2.10. The third kappa shape index (κ3) is 6.55. The Morgan fingerprint density at radius 1 is 0.550 bits per heavy atom. The number of aromatic amines is 3. The summed E-state index contributed by atoms with van der Waals surface area (Å²) < 4.78 is 33.0. The van der Waals surface area contributed by atoms with Gasteiger partial charge < -0.3 is 38.4 Å². The average Bonchev–Trinajstić information content (AvgIpc) is 4.12. The van der Waals surface area contributed by atoms with Crippen molar-refractivity contribution in [2.75, 3.05) is 42.7 Å². The van der Waals surface area contributed by atoms with Crippen LogP contribution in [0.4, 0.5) is 0 Å². The van der Waals surface area contributed by atoms with Crippen molar-refractivity contribution in [3.63, 3.8) is 0 Å². The molecule has 5 aromatic carbocycles. The molecule has 1 aliphatic heterocycles. The van der Waals surface area contributed by atoms with Gasteiger partial charge >= 0.3 is 0 Å². The second-order valence-electron chi connectivity index (χ2n) is 13.9. The maximum atomic E-state index is 5.53. The number of hydrogen-bond donors (Lipinski definition) is 3. The van der Waals surface area contributed by atoms with Gasteiger partial charge in [0, 0.05) is 34.2 Å². The number of allylic oxidation sites excluding steroid dienone is 5. The molecule has 0 saturated heterocycles. The monoisotopic (exact) mass is 799 g/mol. The van der Waals surface area contributed by atoms with Crippen LogP contribution >= 0.6 is 0 Å². The molecule has 13 nitrogen and oxygen atoms in total. The minimum atomic E-state index is 0.139. The van der Waals surface area contributed by atoms with Crippen molar-refractivity contribution in [3.8, 4) is 68.3 Å². The lowest BCUT2D eigenvalue weighted by Gasteiger charge is -2.14. The molecule has 8 aromatic rings. The fraction of sp³-hybridized carbons (Fsp3) is 0.149. The highest BCUT2D eigenvalue weighted by molar-refractivity contribution is 6.10. The Hall–Kier alpha value is -7.80. The summed E-state index contributed by atoms with van der Waals surface area (Å²) in [7, 11) is 9.64. The number of benzene rings is 5. The Labute approximate surface area is 345 Å². The molecule has 1 atom stereocenters. The number of hydrogen-bond acceptors (Lipinski definition) is 10. The first kappa shape index (κ1) is 37.8. The Morgan fingerprint density at radius 3 is 1.65 bits per heavy atom. The third-order valence-electron chi connectivity index (χ3n) is 10.6. The van der Waals surface area contributed by atoms with Gasteiger partial charge in [0.05, 0.1) is 76.0 Å². The summed E-state index contributed by atoms with van der Waals surface area (Å²) in [5.41, 5.74) is 11.3. The number of rotatable bonds is 10. The zero-order valence-corrected chi connectivity index (χ0v) is 33.8. The van der Waals surface area contributed by atoms with Gasteiger partial charge in [-0.1, -0.05) is 60.7 Å². The Bertz CT molecular complexity index is 2990. The molecule has 3 aromatic heterocycles. The van der Waals surface area contributed by atoms with Crippen LogP contribution in [0.1, 0.15) is 5.82 Å². The summed E-state index contributed by atoms with van der Waals surface area (Å²) in [6.45, 7) is 0. The van der Waals surface area contributed by atoms with Crippen LogP contribution in [0, 0.1) is 5.92 Å². The van der Waals surface area contributed by atoms with E-state index in [2.05, 4.69) is 31.2 Å². The Morgan fingerprint density at radius 2 is 1.08 bits per heavy atom. The standard InChI is InChI=1S/C24H21N3O3.C23H20N4O3/c1-28-20-11-14(12-21(29-2)23(20)30-3)15-8-6-10-19-22(15)27-24(26-19)17-13-25-18-9-5-4-7-16(17)18;1-28-18-11-13(12-19(29-2)22(18)30-3)14-8-6-10-17-20(14)25-23(24-17)21-15-7-4-5-9-16(15)26-27-21/h4-13,16H,1-3H3,(H,26,27);4-12H,1-3H3,(H,24,25)(H,26,27). The summed E-state index contributed by atoms with van der Waals surface area (Å²) >= 11 is 0. The van der Waals surface area contributed by atoms with E-state index in [9.17, 15) is 0 Å². The van der Waals surface area contributed by atoms with Gasteiger partial charge in [0.25, 0.3) is 0 Å². The largest absolute Gasteiger partial charge is 0.493 e. The van der Waals surface area contributed by atoms with Gasteiger partial charge in [-0.2, -0.15) is 5.10 Å². The van der Waals surface area contributed by atoms with E-state index in [1.165, 1.54) is 0 Å². The number of H-pyrrole nitrogens is 3. The summed E-state index contributed by atoms with van der Waals surface area (Å²) in [5, 5.41) is 8.55. The molecule has 300 valence electrons. The molecule has 0 amide bonds. The highest BCUT2D eigenvalue weighted by atomic mass is 16.5. The van der Waals surface area contributed by atoms with E-state index >= 15 is 0 Å². The lowest BCUT2D eigenvalue weighted by atomic mass is 9.92. The third-order valence-corrected chi connectivity index (χ3v) is 10.6. The van der Waals surface area contributed by atoms with Crippen molar-refractivity contribution in [3.05, 3.63) is 121 Å².